The highest BCUT2D eigenvalue weighted by molar-refractivity contribution is 8.00. The van der Waals surface area contributed by atoms with Gasteiger partial charge >= 0.3 is 5.97 Å². The number of thioether (sulfide) groups is 1. The number of carbonyl (C=O) groups is 1. The fourth-order valence-corrected chi connectivity index (χ4v) is 7.83. The lowest BCUT2D eigenvalue weighted by Gasteiger charge is -2.36. The summed E-state index contributed by atoms with van der Waals surface area (Å²) in [5.74, 6) is 1.26. The molecule has 6 nitrogen and oxygen atoms in total. The van der Waals surface area contributed by atoms with Crippen molar-refractivity contribution in [1.82, 2.24) is 15.8 Å². The fraction of sp³-hybridized carbons (Fsp3) is 0.913. The Morgan fingerprint density at radius 3 is 2.52 bits per heavy atom. The smallest absolute Gasteiger partial charge is 0.308 e. The van der Waals surface area contributed by atoms with Gasteiger partial charge in [0.05, 0.1) is 30.2 Å². The van der Waals surface area contributed by atoms with Crippen molar-refractivity contribution < 1.29 is 9.53 Å². The van der Waals surface area contributed by atoms with Crippen molar-refractivity contribution in [2.75, 3.05) is 0 Å². The second kappa shape index (κ2) is 9.13. The van der Waals surface area contributed by atoms with E-state index in [-0.39, 0.29) is 24.3 Å². The van der Waals surface area contributed by atoms with Gasteiger partial charge in [-0.1, -0.05) is 13.8 Å². The zero-order chi connectivity index (χ0) is 22.5. The number of hydrogen-bond donors (Lipinski definition) is 2. The number of halogens is 1. The van der Waals surface area contributed by atoms with Crippen LogP contribution in [0.3, 0.4) is 0 Å². The van der Waals surface area contributed by atoms with E-state index in [4.69, 9.17) is 21.3 Å². The summed E-state index contributed by atoms with van der Waals surface area (Å²) in [7, 11) is 0. The Morgan fingerprint density at radius 2 is 1.87 bits per heavy atom. The number of ether oxygens (including phenoxy) is 1. The van der Waals surface area contributed by atoms with E-state index in [9.17, 15) is 4.79 Å². The summed E-state index contributed by atoms with van der Waals surface area (Å²) in [6, 6.07) is -0.162. The average Bonchev–Trinajstić information content (AvgIpc) is 3.14. The zero-order valence-corrected chi connectivity index (χ0v) is 21.3. The standard InChI is InChI=1S/C23H39ClN4O2S/c1-12-13(2)31-22-19(12)20(15-7-9-16(24)10-8-15)25-17(11-18(29)30-23(4,5)6)21-27-26-14(3)28(21)22/h12-17,19,21-22,26-27H,7-11H2,1-6H3. The summed E-state index contributed by atoms with van der Waals surface area (Å²) in [5.41, 5.74) is 7.73. The third kappa shape index (κ3) is 4.96. The molecule has 8 heteroatoms. The van der Waals surface area contributed by atoms with Gasteiger partial charge in [0.2, 0.25) is 0 Å². The van der Waals surface area contributed by atoms with Gasteiger partial charge in [0.25, 0.3) is 0 Å². The summed E-state index contributed by atoms with van der Waals surface area (Å²) < 4.78 is 5.69. The molecule has 0 bridgehead atoms. The minimum atomic E-state index is -0.488. The summed E-state index contributed by atoms with van der Waals surface area (Å²) in [6.45, 7) is 12.7. The van der Waals surface area contributed by atoms with Crippen LogP contribution in [0.25, 0.3) is 0 Å². The van der Waals surface area contributed by atoms with E-state index in [2.05, 4.69) is 48.3 Å². The van der Waals surface area contributed by atoms with Gasteiger partial charge in [-0.2, -0.15) is 0 Å². The van der Waals surface area contributed by atoms with E-state index in [1.54, 1.807) is 0 Å². The largest absolute Gasteiger partial charge is 0.460 e. The third-order valence-electron chi connectivity index (χ3n) is 7.36. The minimum absolute atomic E-state index is 0.0121. The molecule has 1 saturated carbocycles. The van der Waals surface area contributed by atoms with Crippen LogP contribution in [0.4, 0.5) is 0 Å². The number of nitrogens with one attached hydrogen (secondary N) is 2. The van der Waals surface area contributed by atoms with Crippen LogP contribution in [0, 0.1) is 17.8 Å². The maximum Gasteiger partial charge on any atom is 0.308 e. The fourth-order valence-electron chi connectivity index (χ4n) is 5.71. The minimum Gasteiger partial charge on any atom is -0.460 e. The van der Waals surface area contributed by atoms with Crippen molar-refractivity contribution in [2.24, 2.45) is 22.7 Å². The van der Waals surface area contributed by atoms with Gasteiger partial charge in [-0.05, 0) is 65.2 Å². The number of carbonyl (C=O) groups excluding carboxylic acids is 1. The van der Waals surface area contributed by atoms with Crippen molar-refractivity contribution in [1.29, 1.82) is 0 Å². The number of alkyl halides is 1. The van der Waals surface area contributed by atoms with E-state index in [1.165, 1.54) is 5.71 Å². The quantitative estimate of drug-likeness (QED) is 0.477. The predicted octanol–water partition coefficient (Wildman–Crippen LogP) is 4.13. The zero-order valence-electron chi connectivity index (χ0n) is 19.7. The van der Waals surface area contributed by atoms with Gasteiger partial charge in [0, 0.05) is 22.3 Å². The van der Waals surface area contributed by atoms with Gasteiger partial charge in [-0.25, -0.2) is 10.9 Å². The number of esters is 1. The lowest BCUT2D eigenvalue weighted by Crippen LogP contribution is -2.51. The summed E-state index contributed by atoms with van der Waals surface area (Å²) in [6.07, 6.45) is 4.79. The molecule has 1 aliphatic carbocycles. The Labute approximate surface area is 196 Å². The molecule has 0 aromatic rings. The Bertz CT molecular complexity index is 706. The van der Waals surface area contributed by atoms with E-state index in [1.807, 2.05) is 20.8 Å². The van der Waals surface area contributed by atoms with Gasteiger partial charge in [-0.3, -0.25) is 14.7 Å². The van der Waals surface area contributed by atoms with Crippen molar-refractivity contribution in [3.05, 3.63) is 0 Å². The first kappa shape index (κ1) is 23.8. The lowest BCUT2D eigenvalue weighted by molar-refractivity contribution is -0.155. The first-order chi connectivity index (χ1) is 14.5. The maximum absolute atomic E-state index is 12.8. The first-order valence-corrected chi connectivity index (χ1v) is 13.3. The van der Waals surface area contributed by atoms with Crippen molar-refractivity contribution >= 4 is 35.0 Å². The topological polar surface area (TPSA) is 66.0 Å². The number of fused-ring (bicyclic) bond motifs is 3. The van der Waals surface area contributed by atoms with Crippen LogP contribution in [0.2, 0.25) is 0 Å². The number of aliphatic imine (C=N–C) groups is 1. The normalized spacial score (nSPS) is 43.7. The van der Waals surface area contributed by atoms with Crippen molar-refractivity contribution in [3.63, 3.8) is 0 Å². The molecule has 3 aliphatic heterocycles. The van der Waals surface area contributed by atoms with Gasteiger partial charge < -0.3 is 4.74 Å². The SMILES string of the molecule is CC1SC2C(C(C3CCC(Cl)CC3)=NC(CC(=O)OC(C)(C)C)C3NNC(C)N32)C1C. The summed E-state index contributed by atoms with van der Waals surface area (Å²) in [4.78, 5) is 20.8. The van der Waals surface area contributed by atoms with Crippen LogP contribution in [0.1, 0.15) is 73.6 Å². The Morgan fingerprint density at radius 1 is 1.19 bits per heavy atom. The number of hydrogen-bond acceptors (Lipinski definition) is 7. The van der Waals surface area contributed by atoms with E-state index in [0.717, 1.165) is 25.7 Å². The van der Waals surface area contributed by atoms with E-state index < -0.39 is 5.60 Å². The van der Waals surface area contributed by atoms with Gasteiger partial charge in [0.15, 0.2) is 0 Å². The van der Waals surface area contributed by atoms with Crippen molar-refractivity contribution in [2.45, 2.75) is 114 Å². The molecule has 0 amide bonds. The van der Waals surface area contributed by atoms with Crippen LogP contribution in [0.15, 0.2) is 4.99 Å². The highest BCUT2D eigenvalue weighted by atomic mass is 35.5. The number of hydrazine groups is 1. The van der Waals surface area contributed by atoms with Crippen LogP contribution in [-0.4, -0.2) is 56.6 Å². The molecule has 2 saturated heterocycles. The lowest BCUT2D eigenvalue weighted by atomic mass is 9.76. The highest BCUT2D eigenvalue weighted by Crippen LogP contribution is 2.50. The molecule has 7 unspecified atom stereocenters. The molecule has 0 radical (unpaired) electrons. The first-order valence-electron chi connectivity index (χ1n) is 11.9. The second-order valence-corrected chi connectivity index (χ2v) is 13.0. The Hall–Kier alpha value is -0.340. The summed E-state index contributed by atoms with van der Waals surface area (Å²) in [5, 5.41) is 1.24. The Kier molecular flexibility index (Phi) is 7.01. The molecule has 4 aliphatic rings. The molecule has 4 rings (SSSR count). The second-order valence-electron chi connectivity index (χ2n) is 10.8. The van der Waals surface area contributed by atoms with Gasteiger partial charge in [-0.15, -0.1) is 23.4 Å². The van der Waals surface area contributed by atoms with Crippen LogP contribution < -0.4 is 10.9 Å². The van der Waals surface area contributed by atoms with E-state index in [0.29, 0.717) is 40.2 Å². The van der Waals surface area contributed by atoms with Crippen LogP contribution in [-0.2, 0) is 9.53 Å². The molecule has 176 valence electrons. The molecule has 0 aromatic carbocycles. The molecule has 31 heavy (non-hydrogen) atoms. The molecule has 2 N–H and O–H groups in total. The molecular formula is C23H39ClN4O2S. The number of nitrogens with zero attached hydrogens (tertiary/aromatic N) is 2. The van der Waals surface area contributed by atoms with Crippen LogP contribution >= 0.6 is 23.4 Å². The maximum atomic E-state index is 12.8. The average molecular weight is 471 g/mol. The van der Waals surface area contributed by atoms with Gasteiger partial charge in [0.1, 0.15) is 5.60 Å². The Balaban J connectivity index is 1.69. The molecular weight excluding hydrogens is 432 g/mol. The molecule has 0 spiro atoms. The van der Waals surface area contributed by atoms with E-state index >= 15 is 0 Å². The van der Waals surface area contributed by atoms with Crippen LogP contribution in [0.5, 0.6) is 0 Å². The molecule has 0 aromatic heterocycles. The van der Waals surface area contributed by atoms with Crippen molar-refractivity contribution in [3.8, 4) is 0 Å². The molecule has 3 heterocycles. The molecule has 3 fully saturated rings. The summed E-state index contributed by atoms with van der Waals surface area (Å²) >= 11 is 8.51. The highest BCUT2D eigenvalue weighted by Gasteiger charge is 2.54. The number of rotatable bonds is 3. The molecule has 7 atom stereocenters. The third-order valence-corrected chi connectivity index (χ3v) is 9.47. The monoisotopic (exact) mass is 470 g/mol. The predicted molar refractivity (Wildman–Crippen MR) is 128 cm³/mol.